The molecule has 0 aromatic heterocycles. The molecule has 32 heavy (non-hydrogen) atoms. The van der Waals surface area contributed by atoms with Crippen LogP contribution in [0, 0.1) is 6.92 Å². The molecular formula is C23H28N2O7. The van der Waals surface area contributed by atoms with E-state index in [1.165, 1.54) is 12.7 Å². The van der Waals surface area contributed by atoms with Crippen molar-refractivity contribution < 1.29 is 33.7 Å². The highest BCUT2D eigenvalue weighted by molar-refractivity contribution is 5.86. The van der Waals surface area contributed by atoms with Crippen molar-refractivity contribution in [2.45, 2.75) is 25.5 Å². The number of carbonyl (C=O) groups is 3. The molecule has 3 N–H and O–H groups in total. The van der Waals surface area contributed by atoms with Gasteiger partial charge in [0.05, 0.1) is 20.3 Å². The fraction of sp³-hybridized carbons (Fsp3) is 0.348. The topological polar surface area (TPSA) is 123 Å². The zero-order valence-corrected chi connectivity index (χ0v) is 18.3. The van der Waals surface area contributed by atoms with Crippen LogP contribution in [0.4, 0.5) is 0 Å². The van der Waals surface area contributed by atoms with Gasteiger partial charge >= 0.3 is 0 Å². The summed E-state index contributed by atoms with van der Waals surface area (Å²) in [7, 11) is 3.08. The second-order valence-electron chi connectivity index (χ2n) is 7.03. The van der Waals surface area contributed by atoms with Gasteiger partial charge in [0.1, 0.15) is 6.61 Å². The molecule has 1 aliphatic rings. The van der Waals surface area contributed by atoms with Crippen LogP contribution in [-0.2, 0) is 25.5 Å². The lowest BCUT2D eigenvalue weighted by Crippen LogP contribution is -2.52. The predicted octanol–water partition coefficient (Wildman–Crippen LogP) is 1.63. The third-order valence-corrected chi connectivity index (χ3v) is 4.83. The Hall–Kier alpha value is -3.59. The Morgan fingerprint density at radius 1 is 1.22 bits per heavy atom. The van der Waals surface area contributed by atoms with Gasteiger partial charge in [0.2, 0.25) is 5.91 Å². The second-order valence-corrected chi connectivity index (χ2v) is 7.03. The zero-order chi connectivity index (χ0) is 23.5. The van der Waals surface area contributed by atoms with Crippen LogP contribution >= 0.6 is 0 Å². The minimum atomic E-state index is -0.830. The number of methoxy groups -OCH3 is 2. The number of carboxylic acid groups (broad SMARTS) is 1. The summed E-state index contributed by atoms with van der Waals surface area (Å²) in [6.45, 7) is 2.11. The van der Waals surface area contributed by atoms with Crippen molar-refractivity contribution in [2.24, 2.45) is 0 Å². The first-order valence-electron chi connectivity index (χ1n) is 9.97. The van der Waals surface area contributed by atoms with E-state index < -0.39 is 12.1 Å². The maximum absolute atomic E-state index is 12.8. The fourth-order valence-corrected chi connectivity index (χ4v) is 3.38. The molecule has 0 aliphatic carbocycles. The lowest BCUT2D eigenvalue weighted by Gasteiger charge is -2.32. The molecule has 1 heterocycles. The average Bonchev–Trinajstić information content (AvgIpc) is 2.79. The van der Waals surface area contributed by atoms with Gasteiger partial charge in [-0.3, -0.25) is 14.4 Å². The molecule has 9 heteroatoms. The average molecular weight is 444 g/mol. The number of ether oxygens (including phenoxy) is 3. The molecule has 172 valence electrons. The number of benzene rings is 2. The highest BCUT2D eigenvalue weighted by Crippen LogP contribution is 2.32. The normalized spacial score (nSPS) is 17.3. The number of aryl methyl sites for hydroxylation is 1. The van der Waals surface area contributed by atoms with E-state index >= 15 is 0 Å². The van der Waals surface area contributed by atoms with Gasteiger partial charge in [-0.05, 0) is 36.6 Å². The predicted molar refractivity (Wildman–Crippen MR) is 117 cm³/mol. The number of rotatable bonds is 7. The molecular weight excluding hydrogens is 416 g/mol. The van der Waals surface area contributed by atoms with Crippen LogP contribution < -0.4 is 20.1 Å². The molecule has 0 saturated carbocycles. The van der Waals surface area contributed by atoms with Gasteiger partial charge in [-0.25, -0.2) is 0 Å². The van der Waals surface area contributed by atoms with Crippen molar-refractivity contribution in [1.29, 1.82) is 0 Å². The molecule has 1 saturated heterocycles. The Bertz CT molecular complexity index is 932. The van der Waals surface area contributed by atoms with Gasteiger partial charge in [-0.2, -0.15) is 0 Å². The van der Waals surface area contributed by atoms with E-state index in [1.54, 1.807) is 25.3 Å². The number of amides is 2. The summed E-state index contributed by atoms with van der Waals surface area (Å²) in [6.07, 6.45) is -0.114. The Morgan fingerprint density at radius 3 is 2.59 bits per heavy atom. The first kappa shape index (κ1) is 24.7. The molecule has 2 amide bonds. The van der Waals surface area contributed by atoms with Crippen molar-refractivity contribution >= 4 is 18.3 Å². The second kappa shape index (κ2) is 12.3. The summed E-state index contributed by atoms with van der Waals surface area (Å²) < 4.78 is 16.2. The van der Waals surface area contributed by atoms with Crippen molar-refractivity contribution in [3.05, 3.63) is 59.2 Å². The monoisotopic (exact) mass is 444 g/mol. The van der Waals surface area contributed by atoms with Crippen molar-refractivity contribution in [3.63, 3.8) is 0 Å². The molecule has 2 atom stereocenters. The molecule has 1 fully saturated rings. The summed E-state index contributed by atoms with van der Waals surface area (Å²) in [5.74, 6) is 0.549. The van der Waals surface area contributed by atoms with Gasteiger partial charge in [0, 0.05) is 6.54 Å². The molecule has 9 nitrogen and oxygen atoms in total. The minimum absolute atomic E-state index is 0.153. The summed E-state index contributed by atoms with van der Waals surface area (Å²) in [5.41, 5.74) is 3.04. The summed E-state index contributed by atoms with van der Waals surface area (Å²) in [4.78, 5) is 33.0. The lowest BCUT2D eigenvalue weighted by molar-refractivity contribution is -0.148. The highest BCUT2D eigenvalue weighted by Gasteiger charge is 2.36. The number of hydrogen-bond donors (Lipinski definition) is 3. The van der Waals surface area contributed by atoms with E-state index in [4.69, 9.17) is 24.1 Å². The van der Waals surface area contributed by atoms with E-state index in [0.717, 1.165) is 5.56 Å². The summed E-state index contributed by atoms with van der Waals surface area (Å²) in [5, 5.41) is 12.7. The first-order valence-corrected chi connectivity index (χ1v) is 9.97. The molecule has 0 spiro atoms. The smallest absolute Gasteiger partial charge is 0.290 e. The van der Waals surface area contributed by atoms with Crippen LogP contribution in [0.5, 0.6) is 11.5 Å². The van der Waals surface area contributed by atoms with Gasteiger partial charge < -0.3 is 30.0 Å². The summed E-state index contributed by atoms with van der Waals surface area (Å²) >= 11 is 0. The highest BCUT2D eigenvalue weighted by atomic mass is 16.5. The Balaban J connectivity index is 0.00000114. The first-order chi connectivity index (χ1) is 15.4. The fourth-order valence-electron chi connectivity index (χ4n) is 3.38. The third-order valence-electron chi connectivity index (χ3n) is 4.83. The maximum Gasteiger partial charge on any atom is 0.290 e. The number of hydrogen-bond acceptors (Lipinski definition) is 6. The van der Waals surface area contributed by atoms with Crippen LogP contribution in [0.25, 0.3) is 0 Å². The zero-order valence-electron chi connectivity index (χ0n) is 18.3. The Labute approximate surface area is 186 Å². The van der Waals surface area contributed by atoms with Gasteiger partial charge in [0.25, 0.3) is 12.4 Å². The molecule has 2 aromatic rings. The van der Waals surface area contributed by atoms with Crippen LogP contribution in [0.2, 0.25) is 0 Å². The molecule has 1 aliphatic heterocycles. The standard InChI is InChI=1S/C22H26N2O5.CH2O2/c1-14-5-4-6-15(11-14)9-10-23-22(26)21-20(24-19(25)13-29-21)16-7-8-17(27-2)18(12-16)28-3;2-1-3/h4-8,11-12,20-21H,9-10,13H2,1-3H3,(H,23,26)(H,24,25);1H,(H,2,3)/t20-,21+;/m1./s1. The molecule has 0 radical (unpaired) electrons. The molecule has 0 bridgehead atoms. The van der Waals surface area contributed by atoms with E-state index in [2.05, 4.69) is 16.7 Å². The van der Waals surface area contributed by atoms with Gasteiger partial charge in [-0.15, -0.1) is 0 Å². The third kappa shape index (κ3) is 6.71. The molecule has 2 aromatic carbocycles. The van der Waals surface area contributed by atoms with Crippen molar-refractivity contribution in [3.8, 4) is 11.5 Å². The van der Waals surface area contributed by atoms with Crippen molar-refractivity contribution in [1.82, 2.24) is 10.6 Å². The van der Waals surface area contributed by atoms with Crippen LogP contribution in [-0.4, -0.2) is 56.9 Å². The van der Waals surface area contributed by atoms with Crippen molar-refractivity contribution in [2.75, 3.05) is 27.4 Å². The quantitative estimate of drug-likeness (QED) is 0.555. The van der Waals surface area contributed by atoms with E-state index in [-0.39, 0.29) is 24.9 Å². The van der Waals surface area contributed by atoms with Crippen LogP contribution in [0.1, 0.15) is 22.7 Å². The Kier molecular flexibility index (Phi) is 9.49. The van der Waals surface area contributed by atoms with Crippen LogP contribution in [0.3, 0.4) is 0 Å². The van der Waals surface area contributed by atoms with Gasteiger partial charge in [-0.1, -0.05) is 35.9 Å². The SMILES string of the molecule is COc1ccc([C@H]2NC(=O)CO[C@@H]2C(=O)NCCc2cccc(C)c2)cc1OC.O=CO. The van der Waals surface area contributed by atoms with Crippen LogP contribution in [0.15, 0.2) is 42.5 Å². The number of morpholine rings is 1. The minimum Gasteiger partial charge on any atom is -0.493 e. The Morgan fingerprint density at radius 2 is 1.94 bits per heavy atom. The number of nitrogens with one attached hydrogen (secondary N) is 2. The summed E-state index contributed by atoms with van der Waals surface area (Å²) in [6, 6.07) is 12.8. The van der Waals surface area contributed by atoms with E-state index in [0.29, 0.717) is 30.0 Å². The molecule has 3 rings (SSSR count). The van der Waals surface area contributed by atoms with E-state index in [9.17, 15) is 9.59 Å². The lowest BCUT2D eigenvalue weighted by atomic mass is 9.98. The van der Waals surface area contributed by atoms with Gasteiger partial charge in [0.15, 0.2) is 17.6 Å². The molecule has 0 unspecified atom stereocenters. The van der Waals surface area contributed by atoms with E-state index in [1.807, 2.05) is 25.1 Å². The largest absolute Gasteiger partial charge is 0.493 e. The maximum atomic E-state index is 12.8. The number of carbonyl (C=O) groups excluding carboxylic acids is 2.